The van der Waals surface area contributed by atoms with Crippen LogP contribution in [0.25, 0.3) is 17.1 Å². The Morgan fingerprint density at radius 1 is 1.00 bits per heavy atom. The Balaban J connectivity index is 1.35. The zero-order valence-electron chi connectivity index (χ0n) is 23.1. The van der Waals surface area contributed by atoms with Gasteiger partial charge in [0.15, 0.2) is 5.17 Å². The summed E-state index contributed by atoms with van der Waals surface area (Å²) < 4.78 is 96.2. The molecule has 45 heavy (non-hydrogen) atoms. The number of hydrogen-bond donors (Lipinski definition) is 1. The standard InChI is InChI=1S/C28H20F7N7O2S/c1-40(2)17-5-6-18(28(33,34)35)22(10-17)42-24(43)13-45-26(42)39-25(44)38-20-7-3-15(9-19(20)29)21-12-41(14-37-21)23-8-4-16(11-36-23)27(30,31)32/h3-12,14H,13H2,1-2H3,(H,38,44)/b39-26-. The van der Waals surface area contributed by atoms with Crippen molar-refractivity contribution in [3.8, 4) is 17.1 Å². The van der Waals surface area contributed by atoms with Gasteiger partial charge in [0.05, 0.1) is 33.9 Å². The number of benzene rings is 2. The van der Waals surface area contributed by atoms with Crippen molar-refractivity contribution in [1.29, 1.82) is 0 Å². The van der Waals surface area contributed by atoms with Crippen molar-refractivity contribution < 1.29 is 40.3 Å². The van der Waals surface area contributed by atoms with E-state index in [0.29, 0.717) is 16.8 Å². The lowest BCUT2D eigenvalue weighted by molar-refractivity contribution is -0.138. The first kappa shape index (κ1) is 31.5. The molecule has 1 saturated heterocycles. The molecule has 0 spiro atoms. The number of aliphatic imine (C=N–C) groups is 1. The molecule has 1 aliphatic rings. The number of carbonyl (C=O) groups excluding carboxylic acids is 2. The predicted molar refractivity (Wildman–Crippen MR) is 154 cm³/mol. The van der Waals surface area contributed by atoms with Gasteiger partial charge in [0.1, 0.15) is 18.0 Å². The first-order chi connectivity index (χ1) is 21.1. The third-order valence-corrected chi connectivity index (χ3v) is 7.36. The van der Waals surface area contributed by atoms with Crippen LogP contribution in [0.1, 0.15) is 11.1 Å². The number of anilines is 3. The highest BCUT2D eigenvalue weighted by Crippen LogP contribution is 2.41. The third kappa shape index (κ3) is 6.77. The number of hydrogen-bond acceptors (Lipinski definition) is 6. The molecule has 1 aliphatic heterocycles. The number of imidazole rings is 1. The first-order valence-electron chi connectivity index (χ1n) is 12.7. The minimum atomic E-state index is -4.81. The van der Waals surface area contributed by atoms with Gasteiger partial charge in [0, 0.05) is 37.7 Å². The second-order valence-corrected chi connectivity index (χ2v) is 10.6. The summed E-state index contributed by atoms with van der Waals surface area (Å²) in [7, 11) is 3.22. The summed E-state index contributed by atoms with van der Waals surface area (Å²) in [5.74, 6) is -1.77. The molecule has 0 atom stereocenters. The maximum Gasteiger partial charge on any atom is 0.418 e. The molecule has 3 heterocycles. The highest BCUT2D eigenvalue weighted by Gasteiger charge is 2.40. The first-order valence-corrected chi connectivity index (χ1v) is 13.7. The SMILES string of the molecule is CN(C)c1ccc(C(F)(F)F)c(N2C(=O)CS/C2=N\C(=O)Nc2ccc(-c3cn(-c4ccc(C(F)(F)F)cn4)cn3)cc2F)c1. The molecule has 9 nitrogen and oxygen atoms in total. The largest absolute Gasteiger partial charge is 0.418 e. The molecule has 3 amide bonds. The topological polar surface area (TPSA) is 95.7 Å². The lowest BCUT2D eigenvalue weighted by atomic mass is 10.1. The monoisotopic (exact) mass is 651 g/mol. The van der Waals surface area contributed by atoms with Crippen LogP contribution in [0.2, 0.25) is 0 Å². The Morgan fingerprint density at radius 2 is 1.76 bits per heavy atom. The van der Waals surface area contributed by atoms with Crippen LogP contribution in [-0.2, 0) is 17.1 Å². The van der Waals surface area contributed by atoms with Crippen LogP contribution in [0.15, 0.2) is 72.2 Å². The minimum absolute atomic E-state index is 0.137. The number of carbonyl (C=O) groups is 2. The summed E-state index contributed by atoms with van der Waals surface area (Å²) in [6.45, 7) is 0. The number of halogens is 7. The summed E-state index contributed by atoms with van der Waals surface area (Å²) in [6, 6.07) is 7.74. The van der Waals surface area contributed by atoms with E-state index in [-0.39, 0.29) is 33.7 Å². The Kier molecular flexibility index (Phi) is 8.31. The van der Waals surface area contributed by atoms with Gasteiger partial charge in [0.2, 0.25) is 5.91 Å². The smallest absolute Gasteiger partial charge is 0.378 e. The van der Waals surface area contributed by atoms with Gasteiger partial charge in [0.25, 0.3) is 0 Å². The lowest BCUT2D eigenvalue weighted by Crippen LogP contribution is -2.32. The number of urea groups is 1. The molecule has 2 aromatic carbocycles. The van der Waals surface area contributed by atoms with Crippen LogP contribution < -0.4 is 15.1 Å². The minimum Gasteiger partial charge on any atom is -0.378 e. The van der Waals surface area contributed by atoms with Gasteiger partial charge in [-0.2, -0.15) is 31.3 Å². The highest BCUT2D eigenvalue weighted by atomic mass is 32.2. The van der Waals surface area contributed by atoms with E-state index >= 15 is 0 Å². The van der Waals surface area contributed by atoms with E-state index < -0.39 is 46.9 Å². The zero-order chi connectivity index (χ0) is 32.7. The summed E-state index contributed by atoms with van der Waals surface area (Å²) in [6.07, 6.45) is -5.99. The van der Waals surface area contributed by atoms with Gasteiger partial charge in [-0.25, -0.2) is 19.2 Å². The molecular weight excluding hydrogens is 631 g/mol. The number of amides is 3. The fourth-order valence-corrected chi connectivity index (χ4v) is 5.07. The Bertz CT molecular complexity index is 1800. The number of amidine groups is 1. The van der Waals surface area contributed by atoms with E-state index in [1.165, 1.54) is 35.3 Å². The Labute approximate surface area is 254 Å². The van der Waals surface area contributed by atoms with Crippen LogP contribution >= 0.6 is 11.8 Å². The molecule has 0 saturated carbocycles. The predicted octanol–water partition coefficient (Wildman–Crippen LogP) is 6.84. The van der Waals surface area contributed by atoms with Crippen LogP contribution in [0, 0.1) is 5.82 Å². The van der Waals surface area contributed by atoms with Crippen molar-refractivity contribution in [2.75, 3.05) is 35.0 Å². The number of alkyl halides is 6. The van der Waals surface area contributed by atoms with E-state index in [4.69, 9.17) is 0 Å². The van der Waals surface area contributed by atoms with Gasteiger partial charge in [-0.05, 0) is 42.5 Å². The van der Waals surface area contributed by atoms with E-state index in [2.05, 4.69) is 20.3 Å². The van der Waals surface area contributed by atoms with Crippen LogP contribution in [-0.4, -0.2) is 51.5 Å². The molecule has 1 N–H and O–H groups in total. The number of pyridine rings is 1. The summed E-state index contributed by atoms with van der Waals surface area (Å²) in [5, 5.41) is 1.89. The van der Waals surface area contributed by atoms with Gasteiger partial charge < -0.3 is 10.2 Å². The van der Waals surface area contributed by atoms with E-state index in [0.717, 1.165) is 42.1 Å². The fourth-order valence-electron chi connectivity index (χ4n) is 4.21. The Hall–Kier alpha value is -4.93. The molecule has 234 valence electrons. The Morgan fingerprint density at radius 3 is 2.38 bits per heavy atom. The molecule has 0 bridgehead atoms. The van der Waals surface area contributed by atoms with Crippen molar-refractivity contribution in [2.45, 2.75) is 12.4 Å². The summed E-state index contributed by atoms with van der Waals surface area (Å²) in [4.78, 5) is 39.3. The summed E-state index contributed by atoms with van der Waals surface area (Å²) >= 11 is 0.752. The average molecular weight is 652 g/mol. The summed E-state index contributed by atoms with van der Waals surface area (Å²) in [5.41, 5.74) is -1.98. The number of nitrogens with zero attached hydrogens (tertiary/aromatic N) is 6. The molecule has 2 aromatic heterocycles. The quantitative estimate of drug-likeness (QED) is 0.238. The lowest BCUT2D eigenvalue weighted by Gasteiger charge is -2.23. The second kappa shape index (κ2) is 11.9. The van der Waals surface area contributed by atoms with Gasteiger partial charge >= 0.3 is 18.4 Å². The molecule has 0 aliphatic carbocycles. The van der Waals surface area contributed by atoms with E-state index in [1.54, 1.807) is 19.0 Å². The maximum atomic E-state index is 15.0. The van der Waals surface area contributed by atoms with Crippen LogP contribution in [0.3, 0.4) is 0 Å². The number of nitrogens with one attached hydrogen (secondary N) is 1. The van der Waals surface area contributed by atoms with Crippen molar-refractivity contribution in [2.24, 2.45) is 4.99 Å². The van der Waals surface area contributed by atoms with Crippen LogP contribution in [0.5, 0.6) is 0 Å². The van der Waals surface area contributed by atoms with Gasteiger partial charge in [-0.15, -0.1) is 0 Å². The number of aromatic nitrogens is 3. The van der Waals surface area contributed by atoms with Crippen LogP contribution in [0.4, 0.5) is 52.6 Å². The third-order valence-electron chi connectivity index (χ3n) is 6.44. The van der Waals surface area contributed by atoms with E-state index in [9.17, 15) is 40.3 Å². The molecule has 17 heteroatoms. The number of thioether (sulfide) groups is 1. The second-order valence-electron chi connectivity index (χ2n) is 9.70. The van der Waals surface area contributed by atoms with Crippen molar-refractivity contribution in [1.82, 2.24) is 14.5 Å². The normalized spacial score (nSPS) is 14.7. The molecule has 4 aromatic rings. The maximum absolute atomic E-state index is 15.0. The molecule has 1 fully saturated rings. The molecule has 5 rings (SSSR count). The van der Waals surface area contributed by atoms with Crippen molar-refractivity contribution in [3.63, 3.8) is 0 Å². The van der Waals surface area contributed by atoms with Crippen molar-refractivity contribution >= 4 is 45.9 Å². The highest BCUT2D eigenvalue weighted by molar-refractivity contribution is 8.15. The molecule has 0 unspecified atom stereocenters. The molecular formula is C28H20F7N7O2S. The number of rotatable bonds is 5. The zero-order valence-corrected chi connectivity index (χ0v) is 23.9. The van der Waals surface area contributed by atoms with Crippen molar-refractivity contribution in [3.05, 3.63) is 84.2 Å². The average Bonchev–Trinajstić information content (AvgIpc) is 3.60. The molecule has 0 radical (unpaired) electrons. The van der Waals surface area contributed by atoms with Gasteiger partial charge in [-0.3, -0.25) is 14.3 Å². The van der Waals surface area contributed by atoms with E-state index in [1.807, 2.05) is 0 Å². The van der Waals surface area contributed by atoms with Gasteiger partial charge in [-0.1, -0.05) is 17.8 Å². The fraction of sp³-hybridized carbons (Fsp3) is 0.179.